The number of amides is 2. The van der Waals surface area contributed by atoms with Crippen molar-refractivity contribution < 1.29 is 18.0 Å². The van der Waals surface area contributed by atoms with Crippen LogP contribution in [0.3, 0.4) is 0 Å². The number of nitrogens with zero attached hydrogens (tertiary/aromatic N) is 2. The van der Waals surface area contributed by atoms with E-state index in [2.05, 4.69) is 5.32 Å². The number of piperidine rings is 1. The van der Waals surface area contributed by atoms with Crippen LogP contribution in [0.2, 0.25) is 0 Å². The van der Waals surface area contributed by atoms with Crippen molar-refractivity contribution in [2.45, 2.75) is 43.4 Å². The maximum absolute atomic E-state index is 12.9. The Labute approximate surface area is 187 Å². The quantitative estimate of drug-likeness (QED) is 0.717. The van der Waals surface area contributed by atoms with Gasteiger partial charge in [-0.05, 0) is 56.0 Å². The van der Waals surface area contributed by atoms with E-state index in [4.69, 9.17) is 0 Å². The fourth-order valence-corrected chi connectivity index (χ4v) is 7.10. The zero-order valence-electron chi connectivity index (χ0n) is 17.5. The van der Waals surface area contributed by atoms with Crippen molar-refractivity contribution in [2.75, 3.05) is 24.5 Å². The number of nitrogens with one attached hydrogen (secondary N) is 1. The van der Waals surface area contributed by atoms with Gasteiger partial charge in [-0.2, -0.15) is 4.31 Å². The highest BCUT2D eigenvalue weighted by Crippen LogP contribution is 2.28. The Morgan fingerprint density at radius 2 is 2.03 bits per heavy atom. The van der Waals surface area contributed by atoms with E-state index >= 15 is 0 Å². The van der Waals surface area contributed by atoms with Crippen LogP contribution in [0.5, 0.6) is 0 Å². The predicted octanol–water partition coefficient (Wildman–Crippen LogP) is 2.90. The van der Waals surface area contributed by atoms with Gasteiger partial charge < -0.3 is 10.2 Å². The molecule has 1 N–H and O–H groups in total. The largest absolute Gasteiger partial charge is 0.352 e. The summed E-state index contributed by atoms with van der Waals surface area (Å²) in [6, 6.07) is 11.1. The highest BCUT2D eigenvalue weighted by molar-refractivity contribution is 7.91. The van der Waals surface area contributed by atoms with Gasteiger partial charge in [0.05, 0.1) is 5.92 Å². The number of thiophene rings is 1. The summed E-state index contributed by atoms with van der Waals surface area (Å²) in [4.78, 5) is 27.5. The molecule has 2 amide bonds. The van der Waals surface area contributed by atoms with Crippen LogP contribution < -0.4 is 10.2 Å². The molecule has 2 saturated heterocycles. The number of aryl methyl sites for hydroxylation is 1. The van der Waals surface area contributed by atoms with Crippen molar-refractivity contribution in [1.29, 1.82) is 0 Å². The molecular weight excluding hydrogens is 434 g/mol. The van der Waals surface area contributed by atoms with Gasteiger partial charge >= 0.3 is 0 Å². The Kier molecular flexibility index (Phi) is 6.45. The van der Waals surface area contributed by atoms with Crippen molar-refractivity contribution >= 4 is 38.9 Å². The number of hydrogen-bond acceptors (Lipinski definition) is 5. The van der Waals surface area contributed by atoms with Gasteiger partial charge in [0.2, 0.25) is 11.8 Å². The molecule has 0 aliphatic carbocycles. The van der Waals surface area contributed by atoms with Crippen LogP contribution in [-0.4, -0.2) is 44.2 Å². The van der Waals surface area contributed by atoms with Crippen LogP contribution in [0.15, 0.2) is 40.6 Å². The van der Waals surface area contributed by atoms with Crippen LogP contribution in [0.4, 0.5) is 5.69 Å². The van der Waals surface area contributed by atoms with Crippen molar-refractivity contribution in [3.05, 3.63) is 46.8 Å². The minimum Gasteiger partial charge on any atom is -0.352 e. The molecule has 1 unspecified atom stereocenters. The predicted molar refractivity (Wildman–Crippen MR) is 120 cm³/mol. The first-order valence-electron chi connectivity index (χ1n) is 10.6. The van der Waals surface area contributed by atoms with Crippen molar-refractivity contribution in [3.63, 3.8) is 0 Å². The second kappa shape index (κ2) is 9.10. The van der Waals surface area contributed by atoms with Gasteiger partial charge in [0.1, 0.15) is 4.21 Å². The summed E-state index contributed by atoms with van der Waals surface area (Å²) in [5.41, 5.74) is 1.77. The van der Waals surface area contributed by atoms with Gasteiger partial charge in [-0.25, -0.2) is 8.42 Å². The normalized spacial score (nSPS) is 20.2. The lowest BCUT2D eigenvalue weighted by Gasteiger charge is -2.30. The molecule has 4 rings (SSSR count). The van der Waals surface area contributed by atoms with Gasteiger partial charge in [0.15, 0.2) is 0 Å². The molecule has 2 aromatic rings. The number of rotatable bonds is 6. The molecule has 7 nitrogen and oxygen atoms in total. The Balaban J connectivity index is 1.37. The van der Waals surface area contributed by atoms with E-state index in [1.54, 1.807) is 17.0 Å². The lowest BCUT2D eigenvalue weighted by molar-refractivity contribution is -0.126. The highest BCUT2D eigenvalue weighted by Gasteiger charge is 2.34. The molecule has 2 fully saturated rings. The standard InChI is InChI=1S/C22H27N3O4S2/c1-16-9-10-21(30-16)31(28,29)24-11-3-6-18(15-24)22(27)23-14-17-5-2-7-19(13-17)25-12-4-8-20(25)26/h2,5,7,9-10,13,18H,3-4,6,8,11-12,14-15H2,1H3,(H,23,27). The molecular formula is C22H27N3O4S2. The van der Waals surface area contributed by atoms with Gasteiger partial charge in [0.25, 0.3) is 10.0 Å². The van der Waals surface area contributed by atoms with Gasteiger partial charge in [-0.3, -0.25) is 9.59 Å². The van der Waals surface area contributed by atoms with Crippen molar-refractivity contribution in [2.24, 2.45) is 5.92 Å². The van der Waals surface area contributed by atoms with E-state index < -0.39 is 10.0 Å². The number of anilines is 1. The lowest BCUT2D eigenvalue weighted by atomic mass is 9.98. The highest BCUT2D eigenvalue weighted by atomic mass is 32.2. The van der Waals surface area contributed by atoms with E-state index in [1.165, 1.54) is 15.6 Å². The topological polar surface area (TPSA) is 86.8 Å². The summed E-state index contributed by atoms with van der Waals surface area (Å²) < 4.78 is 27.6. The van der Waals surface area contributed by atoms with Crippen LogP contribution in [0, 0.1) is 12.8 Å². The van der Waals surface area contributed by atoms with Crippen LogP contribution >= 0.6 is 11.3 Å². The summed E-state index contributed by atoms with van der Waals surface area (Å²) >= 11 is 1.26. The summed E-state index contributed by atoms with van der Waals surface area (Å²) in [6.45, 7) is 3.60. The zero-order chi connectivity index (χ0) is 22.0. The van der Waals surface area contributed by atoms with E-state index in [1.807, 2.05) is 31.2 Å². The Morgan fingerprint density at radius 1 is 1.19 bits per heavy atom. The molecule has 1 aromatic heterocycles. The number of sulfonamides is 1. The molecule has 0 bridgehead atoms. The first kappa shape index (κ1) is 22.0. The monoisotopic (exact) mass is 461 g/mol. The molecule has 1 atom stereocenters. The SMILES string of the molecule is Cc1ccc(S(=O)(=O)N2CCCC(C(=O)NCc3cccc(N4CCCC4=O)c3)C2)s1. The van der Waals surface area contributed by atoms with E-state index in [-0.39, 0.29) is 24.3 Å². The van der Waals surface area contributed by atoms with E-state index in [9.17, 15) is 18.0 Å². The molecule has 0 spiro atoms. The lowest BCUT2D eigenvalue weighted by Crippen LogP contribution is -2.45. The number of hydrogen-bond donors (Lipinski definition) is 1. The second-order valence-corrected chi connectivity index (χ2v) is 11.6. The summed E-state index contributed by atoms with van der Waals surface area (Å²) in [7, 11) is -3.56. The fraction of sp³-hybridized carbons (Fsp3) is 0.455. The summed E-state index contributed by atoms with van der Waals surface area (Å²) in [6.07, 6.45) is 2.77. The molecule has 9 heteroatoms. The smallest absolute Gasteiger partial charge is 0.252 e. The minimum absolute atomic E-state index is 0.130. The first-order chi connectivity index (χ1) is 14.8. The summed E-state index contributed by atoms with van der Waals surface area (Å²) in [5.74, 6) is -0.372. The van der Waals surface area contributed by atoms with Crippen molar-refractivity contribution in [3.8, 4) is 0 Å². The Morgan fingerprint density at radius 3 is 2.74 bits per heavy atom. The maximum atomic E-state index is 12.9. The van der Waals surface area contributed by atoms with Crippen LogP contribution in [0.1, 0.15) is 36.1 Å². The second-order valence-electron chi connectivity index (χ2n) is 8.10. The summed E-state index contributed by atoms with van der Waals surface area (Å²) in [5, 5.41) is 2.95. The number of benzene rings is 1. The van der Waals surface area contributed by atoms with Gasteiger partial charge in [-0.1, -0.05) is 12.1 Å². The molecule has 31 heavy (non-hydrogen) atoms. The molecule has 0 saturated carbocycles. The van der Waals surface area contributed by atoms with Crippen molar-refractivity contribution in [1.82, 2.24) is 9.62 Å². The first-order valence-corrected chi connectivity index (χ1v) is 12.8. The van der Waals surface area contributed by atoms with E-state index in [0.717, 1.165) is 29.1 Å². The minimum atomic E-state index is -3.56. The zero-order valence-corrected chi connectivity index (χ0v) is 19.2. The molecule has 1 aromatic carbocycles. The fourth-order valence-electron chi connectivity index (χ4n) is 4.14. The van der Waals surface area contributed by atoms with Gasteiger partial charge in [-0.15, -0.1) is 11.3 Å². The number of carbonyl (C=O) groups excluding carboxylic acids is 2. The molecule has 0 radical (unpaired) electrons. The average Bonchev–Trinajstić information content (AvgIpc) is 3.41. The maximum Gasteiger partial charge on any atom is 0.252 e. The van der Waals surface area contributed by atoms with Crippen LogP contribution in [-0.2, 0) is 26.2 Å². The third-order valence-corrected chi connectivity index (χ3v) is 9.16. The number of carbonyl (C=O) groups is 2. The third kappa shape index (κ3) is 4.83. The van der Waals surface area contributed by atoms with E-state index in [0.29, 0.717) is 36.6 Å². The third-order valence-electron chi connectivity index (χ3n) is 5.83. The molecule has 166 valence electrons. The van der Waals surface area contributed by atoms with Gasteiger partial charge in [0, 0.05) is 43.2 Å². The molecule has 2 aliphatic heterocycles. The average molecular weight is 462 g/mol. The molecule has 2 aliphatic rings. The molecule has 3 heterocycles. The Bertz CT molecular complexity index is 1080. The van der Waals surface area contributed by atoms with Crippen LogP contribution in [0.25, 0.3) is 0 Å². The Hall–Kier alpha value is -2.23.